The highest BCUT2D eigenvalue weighted by molar-refractivity contribution is 5.17. The average Bonchev–Trinajstić information content (AvgIpc) is 2.42. The van der Waals surface area contributed by atoms with E-state index >= 15 is 0 Å². The van der Waals surface area contributed by atoms with Crippen LogP contribution in [0.5, 0.6) is 5.88 Å². The number of nitrogens with one attached hydrogen (secondary N) is 1. The van der Waals surface area contributed by atoms with E-state index in [0.29, 0.717) is 11.9 Å². The van der Waals surface area contributed by atoms with Crippen molar-refractivity contribution in [2.24, 2.45) is 0 Å². The zero-order chi connectivity index (χ0) is 13.2. The van der Waals surface area contributed by atoms with Gasteiger partial charge < -0.3 is 10.1 Å². The van der Waals surface area contributed by atoms with Gasteiger partial charge in [-0.3, -0.25) is 0 Å². The predicted octanol–water partition coefficient (Wildman–Crippen LogP) is 3.54. The normalized spacial score (nSPS) is 12.4. The van der Waals surface area contributed by atoms with Crippen molar-refractivity contribution in [2.75, 3.05) is 7.11 Å². The maximum atomic E-state index is 5.05. The van der Waals surface area contributed by atoms with Gasteiger partial charge in [-0.2, -0.15) is 0 Å². The maximum Gasteiger partial charge on any atom is 0.212 e. The van der Waals surface area contributed by atoms with E-state index in [2.05, 4.69) is 30.2 Å². The summed E-state index contributed by atoms with van der Waals surface area (Å²) in [6.07, 6.45) is 8.22. The predicted molar refractivity (Wildman–Crippen MR) is 75.8 cm³/mol. The SMILES string of the molecule is CCCCC(CCC)NCc1ccc(OC)nc1. The second-order valence-corrected chi connectivity index (χ2v) is 4.72. The van der Waals surface area contributed by atoms with Gasteiger partial charge in [0.25, 0.3) is 0 Å². The van der Waals surface area contributed by atoms with Crippen molar-refractivity contribution in [3.63, 3.8) is 0 Å². The summed E-state index contributed by atoms with van der Waals surface area (Å²) in [5.41, 5.74) is 1.22. The van der Waals surface area contributed by atoms with E-state index in [1.807, 2.05) is 12.3 Å². The van der Waals surface area contributed by atoms with Crippen LogP contribution in [0.15, 0.2) is 18.3 Å². The molecule has 0 amide bonds. The second-order valence-electron chi connectivity index (χ2n) is 4.72. The first kappa shape index (κ1) is 15.0. The van der Waals surface area contributed by atoms with E-state index in [0.717, 1.165) is 6.54 Å². The molecule has 0 aliphatic heterocycles. The average molecular weight is 250 g/mol. The molecule has 1 atom stereocenters. The Labute approximate surface area is 111 Å². The summed E-state index contributed by atoms with van der Waals surface area (Å²) < 4.78 is 5.05. The number of pyridine rings is 1. The molecule has 0 fully saturated rings. The number of rotatable bonds is 9. The molecule has 0 aliphatic carbocycles. The molecule has 1 aromatic heterocycles. The molecule has 0 spiro atoms. The second kappa shape index (κ2) is 8.92. The van der Waals surface area contributed by atoms with Crippen molar-refractivity contribution in [3.8, 4) is 5.88 Å². The van der Waals surface area contributed by atoms with E-state index in [4.69, 9.17) is 4.74 Å². The van der Waals surface area contributed by atoms with Crippen LogP contribution in [0.2, 0.25) is 0 Å². The molecule has 0 bridgehead atoms. The summed E-state index contributed by atoms with van der Waals surface area (Å²) in [7, 11) is 1.64. The number of hydrogen-bond donors (Lipinski definition) is 1. The van der Waals surface area contributed by atoms with Crippen molar-refractivity contribution in [2.45, 2.75) is 58.5 Å². The Morgan fingerprint density at radius 3 is 2.61 bits per heavy atom. The summed E-state index contributed by atoms with van der Waals surface area (Å²) in [4.78, 5) is 4.22. The van der Waals surface area contributed by atoms with Gasteiger partial charge in [-0.25, -0.2) is 4.98 Å². The van der Waals surface area contributed by atoms with Gasteiger partial charge in [0.15, 0.2) is 0 Å². The van der Waals surface area contributed by atoms with Gasteiger partial charge in [-0.1, -0.05) is 39.2 Å². The van der Waals surface area contributed by atoms with Gasteiger partial charge in [0.2, 0.25) is 5.88 Å². The highest BCUT2D eigenvalue weighted by atomic mass is 16.5. The fourth-order valence-corrected chi connectivity index (χ4v) is 2.05. The van der Waals surface area contributed by atoms with Gasteiger partial charge in [0, 0.05) is 24.8 Å². The number of ether oxygens (including phenoxy) is 1. The number of methoxy groups -OCH3 is 1. The highest BCUT2D eigenvalue weighted by Gasteiger charge is 2.06. The molecule has 1 unspecified atom stereocenters. The van der Waals surface area contributed by atoms with E-state index in [-0.39, 0.29) is 0 Å². The molecule has 18 heavy (non-hydrogen) atoms. The molecule has 0 radical (unpaired) electrons. The van der Waals surface area contributed by atoms with Crippen molar-refractivity contribution >= 4 is 0 Å². The van der Waals surface area contributed by atoms with E-state index in [1.165, 1.54) is 37.7 Å². The fraction of sp³-hybridized carbons (Fsp3) is 0.667. The fourth-order valence-electron chi connectivity index (χ4n) is 2.05. The molecule has 0 saturated heterocycles. The van der Waals surface area contributed by atoms with Crippen molar-refractivity contribution in [1.29, 1.82) is 0 Å². The molecule has 1 rings (SSSR count). The Bertz CT molecular complexity index is 311. The van der Waals surface area contributed by atoms with Crippen molar-refractivity contribution < 1.29 is 4.74 Å². The van der Waals surface area contributed by atoms with Crippen LogP contribution in [0, 0.1) is 0 Å². The van der Waals surface area contributed by atoms with E-state index < -0.39 is 0 Å². The maximum absolute atomic E-state index is 5.05. The quantitative estimate of drug-likeness (QED) is 0.728. The number of nitrogens with zero attached hydrogens (tertiary/aromatic N) is 1. The third-order valence-electron chi connectivity index (χ3n) is 3.14. The minimum absolute atomic E-state index is 0.636. The lowest BCUT2D eigenvalue weighted by Gasteiger charge is -2.17. The molecule has 0 aliphatic rings. The van der Waals surface area contributed by atoms with Gasteiger partial charge in [-0.15, -0.1) is 0 Å². The molecule has 3 heteroatoms. The lowest BCUT2D eigenvalue weighted by molar-refractivity contribution is 0.397. The molecular weight excluding hydrogens is 224 g/mol. The molecular formula is C15H26N2O. The molecule has 1 N–H and O–H groups in total. The topological polar surface area (TPSA) is 34.1 Å². The van der Waals surface area contributed by atoms with Gasteiger partial charge in [0.1, 0.15) is 0 Å². The monoisotopic (exact) mass is 250 g/mol. The van der Waals surface area contributed by atoms with Crippen LogP contribution in [0.4, 0.5) is 0 Å². The van der Waals surface area contributed by atoms with Crippen LogP contribution in [-0.2, 0) is 6.54 Å². The standard InChI is InChI=1S/C15H26N2O/c1-4-6-8-14(7-5-2)16-11-13-9-10-15(18-3)17-12-13/h9-10,12,14,16H,4-8,11H2,1-3H3. The van der Waals surface area contributed by atoms with Crippen molar-refractivity contribution in [3.05, 3.63) is 23.9 Å². The minimum atomic E-state index is 0.636. The minimum Gasteiger partial charge on any atom is -0.481 e. The van der Waals surface area contributed by atoms with Gasteiger partial charge >= 0.3 is 0 Å². The number of aromatic nitrogens is 1. The van der Waals surface area contributed by atoms with Gasteiger partial charge in [0.05, 0.1) is 7.11 Å². The Hall–Kier alpha value is -1.09. The highest BCUT2D eigenvalue weighted by Crippen LogP contribution is 2.10. The first-order chi connectivity index (χ1) is 8.80. The van der Waals surface area contributed by atoms with Crippen LogP contribution < -0.4 is 10.1 Å². The van der Waals surface area contributed by atoms with Crippen LogP contribution >= 0.6 is 0 Å². The zero-order valence-corrected chi connectivity index (χ0v) is 11.9. The zero-order valence-electron chi connectivity index (χ0n) is 11.9. The Morgan fingerprint density at radius 2 is 2.06 bits per heavy atom. The Balaban J connectivity index is 2.39. The Morgan fingerprint density at radius 1 is 1.22 bits per heavy atom. The summed E-state index contributed by atoms with van der Waals surface area (Å²) >= 11 is 0. The molecule has 3 nitrogen and oxygen atoms in total. The first-order valence-corrected chi connectivity index (χ1v) is 7.02. The van der Waals surface area contributed by atoms with Crippen LogP contribution in [0.3, 0.4) is 0 Å². The lowest BCUT2D eigenvalue weighted by Crippen LogP contribution is -2.28. The molecule has 0 saturated carbocycles. The van der Waals surface area contributed by atoms with Crippen LogP contribution in [0.25, 0.3) is 0 Å². The van der Waals surface area contributed by atoms with E-state index in [9.17, 15) is 0 Å². The van der Waals surface area contributed by atoms with Crippen LogP contribution in [-0.4, -0.2) is 18.1 Å². The van der Waals surface area contributed by atoms with E-state index in [1.54, 1.807) is 7.11 Å². The summed E-state index contributed by atoms with van der Waals surface area (Å²) in [6.45, 7) is 5.39. The third kappa shape index (κ3) is 5.50. The summed E-state index contributed by atoms with van der Waals surface area (Å²) in [6, 6.07) is 4.62. The third-order valence-corrected chi connectivity index (χ3v) is 3.14. The van der Waals surface area contributed by atoms with Gasteiger partial charge in [-0.05, 0) is 18.4 Å². The smallest absolute Gasteiger partial charge is 0.212 e. The Kier molecular flexibility index (Phi) is 7.42. The first-order valence-electron chi connectivity index (χ1n) is 7.02. The summed E-state index contributed by atoms with van der Waals surface area (Å²) in [5, 5.41) is 3.63. The molecule has 102 valence electrons. The van der Waals surface area contributed by atoms with Crippen LogP contribution in [0.1, 0.15) is 51.5 Å². The largest absolute Gasteiger partial charge is 0.481 e. The number of unbranched alkanes of at least 4 members (excludes halogenated alkanes) is 1. The van der Waals surface area contributed by atoms with Crippen molar-refractivity contribution in [1.82, 2.24) is 10.3 Å². The lowest BCUT2D eigenvalue weighted by atomic mass is 10.0. The molecule has 1 heterocycles. The number of hydrogen-bond acceptors (Lipinski definition) is 3. The molecule has 1 aromatic rings. The molecule has 0 aromatic carbocycles. The summed E-state index contributed by atoms with van der Waals surface area (Å²) in [5.74, 6) is 0.676.